The highest BCUT2D eigenvalue weighted by Gasteiger charge is 2.32. The van der Waals surface area contributed by atoms with Gasteiger partial charge in [-0.2, -0.15) is 13.2 Å². The van der Waals surface area contributed by atoms with Gasteiger partial charge in [-0.25, -0.2) is 8.42 Å². The molecule has 0 aliphatic carbocycles. The smallest absolute Gasteiger partial charge is 0.325 e. The first-order valence-electron chi connectivity index (χ1n) is 7.33. The van der Waals surface area contributed by atoms with E-state index in [1.807, 2.05) is 0 Å². The second-order valence-corrected chi connectivity index (χ2v) is 7.82. The van der Waals surface area contributed by atoms with Gasteiger partial charge >= 0.3 is 6.18 Å². The first-order chi connectivity index (χ1) is 11.6. The number of amides is 1. The van der Waals surface area contributed by atoms with E-state index in [1.54, 1.807) is 30.3 Å². The van der Waals surface area contributed by atoms with E-state index in [0.717, 1.165) is 18.2 Å². The van der Waals surface area contributed by atoms with E-state index in [-0.39, 0.29) is 5.56 Å². The van der Waals surface area contributed by atoms with Crippen LogP contribution in [0.2, 0.25) is 0 Å². The molecule has 25 heavy (non-hydrogen) atoms. The van der Waals surface area contributed by atoms with Gasteiger partial charge in [0.1, 0.15) is 5.25 Å². The normalized spacial score (nSPS) is 13.3. The number of alkyl halides is 3. The van der Waals surface area contributed by atoms with E-state index < -0.39 is 38.5 Å². The number of benzene rings is 2. The second kappa shape index (κ2) is 7.26. The number of para-hydroxylation sites is 1. The van der Waals surface area contributed by atoms with E-state index in [2.05, 4.69) is 5.32 Å². The molecule has 0 aliphatic rings. The first kappa shape index (κ1) is 19.0. The summed E-state index contributed by atoms with van der Waals surface area (Å²) in [6.45, 7) is 1.21. The number of rotatable bonds is 5. The highest BCUT2D eigenvalue weighted by Crippen LogP contribution is 2.30. The number of anilines is 1. The summed E-state index contributed by atoms with van der Waals surface area (Å²) in [5, 5.41) is 1.07. The summed E-state index contributed by atoms with van der Waals surface area (Å²) in [7, 11) is -3.97. The molecule has 0 aromatic heterocycles. The molecule has 4 nitrogen and oxygen atoms in total. The monoisotopic (exact) mass is 371 g/mol. The Balaban J connectivity index is 2.14. The third-order valence-electron chi connectivity index (χ3n) is 3.57. The van der Waals surface area contributed by atoms with Crippen LogP contribution in [0.1, 0.15) is 18.1 Å². The molecule has 0 spiro atoms. The molecule has 0 saturated heterocycles. The average molecular weight is 371 g/mol. The Labute approximate surface area is 143 Å². The molecular formula is C17H16F3NO3S. The summed E-state index contributed by atoms with van der Waals surface area (Å²) in [5.41, 5.74) is -0.510. The first-order valence-corrected chi connectivity index (χ1v) is 9.05. The number of sulfone groups is 1. The molecule has 0 bridgehead atoms. The van der Waals surface area contributed by atoms with E-state index in [1.165, 1.54) is 13.0 Å². The molecule has 2 aromatic rings. The third-order valence-corrected chi connectivity index (χ3v) is 5.60. The predicted molar refractivity (Wildman–Crippen MR) is 88.6 cm³/mol. The fourth-order valence-corrected chi connectivity index (χ4v) is 3.40. The van der Waals surface area contributed by atoms with Crippen LogP contribution in [-0.4, -0.2) is 19.6 Å². The minimum Gasteiger partial charge on any atom is -0.325 e. The SMILES string of the molecule is CC(C(=O)Nc1ccccc1)S(=O)(=O)Cc1cccc(C(F)(F)F)c1. The summed E-state index contributed by atoms with van der Waals surface area (Å²) in [6.07, 6.45) is -4.56. The average Bonchev–Trinajstić information content (AvgIpc) is 2.54. The fraction of sp³-hybridized carbons (Fsp3) is 0.235. The van der Waals surface area contributed by atoms with E-state index in [9.17, 15) is 26.4 Å². The highest BCUT2D eigenvalue weighted by atomic mass is 32.2. The van der Waals surface area contributed by atoms with Gasteiger partial charge in [0.25, 0.3) is 0 Å². The van der Waals surface area contributed by atoms with Gasteiger partial charge in [-0.15, -0.1) is 0 Å². The lowest BCUT2D eigenvalue weighted by atomic mass is 10.1. The lowest BCUT2D eigenvalue weighted by molar-refractivity contribution is -0.137. The summed E-state index contributed by atoms with van der Waals surface area (Å²) in [4.78, 5) is 12.1. The lowest BCUT2D eigenvalue weighted by Crippen LogP contribution is -2.33. The molecule has 1 unspecified atom stereocenters. The van der Waals surface area contributed by atoms with Crippen LogP contribution >= 0.6 is 0 Å². The lowest BCUT2D eigenvalue weighted by Gasteiger charge is -2.14. The Morgan fingerprint density at radius 1 is 1.08 bits per heavy atom. The second-order valence-electron chi connectivity index (χ2n) is 5.50. The number of hydrogen-bond donors (Lipinski definition) is 1. The number of carbonyl (C=O) groups is 1. The molecule has 134 valence electrons. The topological polar surface area (TPSA) is 63.2 Å². The summed E-state index contributed by atoms with van der Waals surface area (Å²) in [5.74, 6) is -1.39. The van der Waals surface area contributed by atoms with Crippen molar-refractivity contribution in [2.24, 2.45) is 0 Å². The summed E-state index contributed by atoms with van der Waals surface area (Å²) < 4.78 is 62.8. The van der Waals surface area contributed by atoms with Gasteiger partial charge in [-0.3, -0.25) is 4.79 Å². The van der Waals surface area contributed by atoms with Crippen molar-refractivity contribution in [1.82, 2.24) is 0 Å². The maximum Gasteiger partial charge on any atom is 0.416 e. The number of hydrogen-bond acceptors (Lipinski definition) is 3. The molecule has 0 aliphatic heterocycles. The minimum atomic E-state index is -4.56. The van der Waals surface area contributed by atoms with Crippen LogP contribution in [0.15, 0.2) is 54.6 Å². The van der Waals surface area contributed by atoms with Crippen molar-refractivity contribution in [3.05, 3.63) is 65.7 Å². The fourth-order valence-electron chi connectivity index (χ4n) is 2.12. The Morgan fingerprint density at radius 2 is 1.72 bits per heavy atom. The van der Waals surface area contributed by atoms with Gasteiger partial charge in [0.15, 0.2) is 9.84 Å². The molecule has 2 aromatic carbocycles. The molecule has 8 heteroatoms. The van der Waals surface area contributed by atoms with Crippen LogP contribution in [-0.2, 0) is 26.6 Å². The van der Waals surface area contributed by atoms with Gasteiger partial charge < -0.3 is 5.32 Å². The Bertz CT molecular complexity index is 849. The van der Waals surface area contributed by atoms with Gasteiger partial charge in [0, 0.05) is 5.69 Å². The van der Waals surface area contributed by atoms with Crippen LogP contribution in [0, 0.1) is 0 Å². The largest absolute Gasteiger partial charge is 0.416 e. The Morgan fingerprint density at radius 3 is 2.32 bits per heavy atom. The van der Waals surface area contributed by atoms with Crippen molar-refractivity contribution in [1.29, 1.82) is 0 Å². The maximum absolute atomic E-state index is 12.7. The maximum atomic E-state index is 12.7. The third kappa shape index (κ3) is 5.06. The van der Waals surface area contributed by atoms with Crippen LogP contribution in [0.5, 0.6) is 0 Å². The van der Waals surface area contributed by atoms with Gasteiger partial charge in [-0.05, 0) is 30.7 Å². The molecule has 1 atom stereocenters. The molecule has 0 radical (unpaired) electrons. The van der Waals surface area contributed by atoms with E-state index in [0.29, 0.717) is 5.69 Å². The summed E-state index contributed by atoms with van der Waals surface area (Å²) >= 11 is 0. The van der Waals surface area contributed by atoms with Gasteiger partial charge in [0.2, 0.25) is 5.91 Å². The summed E-state index contributed by atoms with van der Waals surface area (Å²) in [6, 6.07) is 12.4. The zero-order valence-corrected chi connectivity index (χ0v) is 14.1. The molecule has 2 rings (SSSR count). The minimum absolute atomic E-state index is 0.0193. The van der Waals surface area contributed by atoms with Crippen molar-refractivity contribution in [3.8, 4) is 0 Å². The molecular weight excluding hydrogens is 355 g/mol. The van der Waals surface area contributed by atoms with Crippen molar-refractivity contribution < 1.29 is 26.4 Å². The van der Waals surface area contributed by atoms with Gasteiger partial charge in [0.05, 0.1) is 11.3 Å². The molecule has 1 amide bonds. The molecule has 0 fully saturated rings. The molecule has 0 heterocycles. The van der Waals surface area contributed by atoms with E-state index >= 15 is 0 Å². The van der Waals surface area contributed by atoms with Crippen molar-refractivity contribution in [2.75, 3.05) is 5.32 Å². The van der Waals surface area contributed by atoms with Crippen molar-refractivity contribution in [3.63, 3.8) is 0 Å². The van der Waals surface area contributed by atoms with Crippen LogP contribution in [0.4, 0.5) is 18.9 Å². The highest BCUT2D eigenvalue weighted by molar-refractivity contribution is 7.92. The number of nitrogens with one attached hydrogen (secondary N) is 1. The number of carbonyl (C=O) groups excluding carboxylic acids is 1. The predicted octanol–water partition coefficient (Wildman–Crippen LogP) is 3.65. The van der Waals surface area contributed by atoms with Crippen LogP contribution in [0.25, 0.3) is 0 Å². The number of halogens is 3. The van der Waals surface area contributed by atoms with Crippen LogP contribution < -0.4 is 5.32 Å². The zero-order chi connectivity index (χ0) is 18.7. The van der Waals surface area contributed by atoms with Crippen LogP contribution in [0.3, 0.4) is 0 Å². The van der Waals surface area contributed by atoms with Gasteiger partial charge in [-0.1, -0.05) is 36.4 Å². The quantitative estimate of drug-likeness (QED) is 0.873. The van der Waals surface area contributed by atoms with Crippen molar-refractivity contribution in [2.45, 2.75) is 24.1 Å². The molecule has 0 saturated carbocycles. The Kier molecular flexibility index (Phi) is 5.52. The Hall–Kier alpha value is -2.35. The zero-order valence-electron chi connectivity index (χ0n) is 13.2. The molecule has 1 N–H and O–H groups in total. The standard InChI is InChI=1S/C17H16F3NO3S/c1-12(16(22)21-15-8-3-2-4-9-15)25(23,24)11-13-6-5-7-14(10-13)17(18,19)20/h2-10,12H,11H2,1H3,(H,21,22). The van der Waals surface area contributed by atoms with E-state index in [4.69, 9.17) is 0 Å². The van der Waals surface area contributed by atoms with Crippen molar-refractivity contribution >= 4 is 21.4 Å².